The van der Waals surface area contributed by atoms with Crippen LogP contribution in [0.25, 0.3) is 23.5 Å². The second kappa shape index (κ2) is 6.50. The van der Waals surface area contributed by atoms with Gasteiger partial charge in [0.15, 0.2) is 0 Å². The maximum Gasteiger partial charge on any atom is 0.123 e. The molecule has 2 nitrogen and oxygen atoms in total. The summed E-state index contributed by atoms with van der Waals surface area (Å²) in [6.07, 6.45) is 3.83. The first-order valence-electron chi connectivity index (χ1n) is 7.30. The molecular weight excluding hydrogens is 355 g/mol. The van der Waals surface area contributed by atoms with Gasteiger partial charge in [-0.05, 0) is 49.2 Å². The molecule has 0 aliphatic heterocycles. The first-order chi connectivity index (χ1) is 11.1. The Bertz CT molecular complexity index is 864. The summed E-state index contributed by atoms with van der Waals surface area (Å²) in [6.45, 7) is 4.07. The minimum atomic E-state index is -0.234. The average Bonchev–Trinajstić information content (AvgIpc) is 2.82. The zero-order chi connectivity index (χ0) is 16.4. The fraction of sp³-hybridized carbons (Fsp3) is 0.105. The van der Waals surface area contributed by atoms with Gasteiger partial charge in [0, 0.05) is 16.2 Å². The zero-order valence-electron chi connectivity index (χ0n) is 12.9. The van der Waals surface area contributed by atoms with E-state index in [1.807, 2.05) is 42.1 Å². The van der Waals surface area contributed by atoms with Crippen molar-refractivity contribution in [3.05, 3.63) is 75.6 Å². The highest BCUT2D eigenvalue weighted by Gasteiger charge is 2.14. The molecule has 0 unspecified atom stereocenters. The SMILES string of the molecule is Cc1nn(/C=C\c2ccc(F)cc2)c(-c2ccccc2Br)c1C. The predicted molar refractivity (Wildman–Crippen MR) is 96.5 cm³/mol. The van der Waals surface area contributed by atoms with E-state index < -0.39 is 0 Å². The summed E-state index contributed by atoms with van der Waals surface area (Å²) in [5, 5.41) is 4.60. The molecule has 3 rings (SSSR count). The predicted octanol–water partition coefficient (Wildman–Crippen LogP) is 5.70. The Kier molecular flexibility index (Phi) is 4.44. The van der Waals surface area contributed by atoms with Crippen LogP contribution in [0.5, 0.6) is 0 Å². The van der Waals surface area contributed by atoms with Crippen molar-refractivity contribution >= 4 is 28.2 Å². The van der Waals surface area contributed by atoms with Gasteiger partial charge in [0.1, 0.15) is 5.82 Å². The van der Waals surface area contributed by atoms with Gasteiger partial charge in [-0.3, -0.25) is 0 Å². The number of benzene rings is 2. The molecular formula is C19H16BrFN2. The van der Waals surface area contributed by atoms with Crippen molar-refractivity contribution < 1.29 is 4.39 Å². The van der Waals surface area contributed by atoms with E-state index in [1.54, 1.807) is 12.1 Å². The van der Waals surface area contributed by atoms with Crippen molar-refractivity contribution in [3.63, 3.8) is 0 Å². The Morgan fingerprint density at radius 2 is 1.74 bits per heavy atom. The Morgan fingerprint density at radius 3 is 2.43 bits per heavy atom. The highest BCUT2D eigenvalue weighted by atomic mass is 79.9. The molecule has 0 fully saturated rings. The maximum absolute atomic E-state index is 13.0. The van der Waals surface area contributed by atoms with Gasteiger partial charge < -0.3 is 0 Å². The van der Waals surface area contributed by atoms with E-state index in [0.29, 0.717) is 0 Å². The molecule has 1 heterocycles. The van der Waals surface area contributed by atoms with E-state index in [9.17, 15) is 4.39 Å². The van der Waals surface area contributed by atoms with E-state index in [1.165, 1.54) is 12.1 Å². The van der Waals surface area contributed by atoms with Crippen LogP contribution in [0, 0.1) is 19.7 Å². The number of rotatable bonds is 3. The van der Waals surface area contributed by atoms with Crippen molar-refractivity contribution in [2.75, 3.05) is 0 Å². The monoisotopic (exact) mass is 370 g/mol. The Hall–Kier alpha value is -2.20. The quantitative estimate of drug-likeness (QED) is 0.578. The van der Waals surface area contributed by atoms with Crippen LogP contribution in [-0.4, -0.2) is 9.78 Å². The minimum Gasteiger partial charge on any atom is -0.240 e. The van der Waals surface area contributed by atoms with Crippen LogP contribution in [0.3, 0.4) is 0 Å². The highest BCUT2D eigenvalue weighted by Crippen LogP contribution is 2.32. The third-order valence-corrected chi connectivity index (χ3v) is 4.48. The van der Waals surface area contributed by atoms with Gasteiger partial charge in [0.2, 0.25) is 0 Å². The summed E-state index contributed by atoms with van der Waals surface area (Å²) < 4.78 is 15.9. The summed E-state index contributed by atoms with van der Waals surface area (Å²) in [7, 11) is 0. The van der Waals surface area contributed by atoms with Gasteiger partial charge in [-0.1, -0.05) is 46.3 Å². The molecule has 4 heteroatoms. The van der Waals surface area contributed by atoms with Crippen LogP contribution in [0.2, 0.25) is 0 Å². The highest BCUT2D eigenvalue weighted by molar-refractivity contribution is 9.10. The standard InChI is InChI=1S/C19H16BrFN2/c1-13-14(2)22-23(12-11-15-7-9-16(21)10-8-15)19(13)17-5-3-4-6-18(17)20/h3-12H,1-2H3/b12-11-. The van der Waals surface area contributed by atoms with Crippen molar-refractivity contribution in [3.8, 4) is 11.3 Å². The lowest BCUT2D eigenvalue weighted by Gasteiger charge is -2.07. The Labute approximate surface area is 143 Å². The van der Waals surface area contributed by atoms with E-state index >= 15 is 0 Å². The average molecular weight is 371 g/mol. The van der Waals surface area contributed by atoms with E-state index in [0.717, 1.165) is 32.6 Å². The third-order valence-electron chi connectivity index (χ3n) is 3.79. The fourth-order valence-electron chi connectivity index (χ4n) is 2.45. The second-order valence-electron chi connectivity index (χ2n) is 5.35. The van der Waals surface area contributed by atoms with Crippen LogP contribution in [0.15, 0.2) is 53.0 Å². The molecule has 2 aromatic carbocycles. The molecule has 3 aromatic rings. The smallest absolute Gasteiger partial charge is 0.123 e. The number of nitrogens with zero attached hydrogens (tertiary/aromatic N) is 2. The van der Waals surface area contributed by atoms with Gasteiger partial charge in [-0.25, -0.2) is 9.07 Å². The molecule has 1 aromatic heterocycles. The molecule has 23 heavy (non-hydrogen) atoms. The van der Waals surface area contributed by atoms with Gasteiger partial charge >= 0.3 is 0 Å². The van der Waals surface area contributed by atoms with E-state index in [-0.39, 0.29) is 5.82 Å². The molecule has 0 atom stereocenters. The van der Waals surface area contributed by atoms with Crippen molar-refractivity contribution in [2.45, 2.75) is 13.8 Å². The zero-order valence-corrected chi connectivity index (χ0v) is 14.5. The molecule has 116 valence electrons. The molecule has 0 N–H and O–H groups in total. The summed E-state index contributed by atoms with van der Waals surface area (Å²) >= 11 is 3.61. The molecule has 0 radical (unpaired) electrons. The van der Waals surface area contributed by atoms with E-state index in [4.69, 9.17) is 0 Å². The van der Waals surface area contributed by atoms with Crippen LogP contribution in [0.1, 0.15) is 16.8 Å². The summed E-state index contributed by atoms with van der Waals surface area (Å²) in [5.74, 6) is -0.234. The van der Waals surface area contributed by atoms with Gasteiger partial charge in [0.25, 0.3) is 0 Å². The maximum atomic E-state index is 13.0. The van der Waals surface area contributed by atoms with Gasteiger partial charge in [0.05, 0.1) is 11.4 Å². The number of halogens is 2. The number of aromatic nitrogens is 2. The van der Waals surface area contributed by atoms with Crippen molar-refractivity contribution in [1.82, 2.24) is 9.78 Å². The Morgan fingerprint density at radius 1 is 1.04 bits per heavy atom. The van der Waals surface area contributed by atoms with E-state index in [2.05, 4.69) is 34.0 Å². The Balaban J connectivity index is 2.05. The van der Waals surface area contributed by atoms with Crippen LogP contribution >= 0.6 is 15.9 Å². The second-order valence-corrected chi connectivity index (χ2v) is 6.21. The van der Waals surface area contributed by atoms with Gasteiger partial charge in [-0.15, -0.1) is 0 Å². The van der Waals surface area contributed by atoms with Gasteiger partial charge in [-0.2, -0.15) is 5.10 Å². The van der Waals surface area contributed by atoms with Crippen molar-refractivity contribution in [2.24, 2.45) is 0 Å². The number of hydrogen-bond acceptors (Lipinski definition) is 1. The number of hydrogen-bond donors (Lipinski definition) is 0. The molecule has 0 bridgehead atoms. The normalized spacial score (nSPS) is 11.3. The summed E-state index contributed by atoms with van der Waals surface area (Å²) in [4.78, 5) is 0. The van der Waals surface area contributed by atoms with Crippen LogP contribution < -0.4 is 0 Å². The van der Waals surface area contributed by atoms with Crippen LogP contribution in [-0.2, 0) is 0 Å². The molecule has 0 aliphatic carbocycles. The van der Waals surface area contributed by atoms with Crippen molar-refractivity contribution in [1.29, 1.82) is 0 Å². The summed E-state index contributed by atoms with van der Waals surface area (Å²) in [5.41, 5.74) is 5.19. The molecule has 0 saturated carbocycles. The molecule has 0 aliphatic rings. The molecule has 0 amide bonds. The lowest BCUT2D eigenvalue weighted by Crippen LogP contribution is -1.94. The number of aryl methyl sites for hydroxylation is 1. The third kappa shape index (κ3) is 3.27. The largest absolute Gasteiger partial charge is 0.240 e. The lowest BCUT2D eigenvalue weighted by atomic mass is 10.1. The lowest BCUT2D eigenvalue weighted by molar-refractivity contribution is 0.628. The fourth-order valence-corrected chi connectivity index (χ4v) is 2.92. The minimum absolute atomic E-state index is 0.234. The summed E-state index contributed by atoms with van der Waals surface area (Å²) in [6, 6.07) is 14.5. The first-order valence-corrected chi connectivity index (χ1v) is 8.10. The molecule has 0 saturated heterocycles. The molecule has 0 spiro atoms. The topological polar surface area (TPSA) is 17.8 Å². The first kappa shape index (κ1) is 15.7. The van der Waals surface area contributed by atoms with Crippen LogP contribution in [0.4, 0.5) is 4.39 Å².